The van der Waals surface area contributed by atoms with Gasteiger partial charge in [-0.3, -0.25) is 9.59 Å². The third-order valence-corrected chi connectivity index (χ3v) is 6.24. The molecule has 1 N–H and O–H groups in total. The van der Waals surface area contributed by atoms with Crippen LogP contribution >= 0.6 is 46.6 Å². The Morgan fingerprint density at radius 3 is 2.28 bits per heavy atom. The molecule has 29 heavy (non-hydrogen) atoms. The molecule has 0 aromatic heterocycles. The Morgan fingerprint density at radius 1 is 1.07 bits per heavy atom. The maximum absolute atomic E-state index is 13.0. The van der Waals surface area contributed by atoms with Crippen molar-refractivity contribution < 1.29 is 9.59 Å². The number of nitrogens with zero attached hydrogens (tertiary/aromatic N) is 1. The standard InChI is InChI=1S/C21H23Cl3N2O2S/c1-3-11-25-21(28)14(2)26(12-17-18(23)5-4-6-19(17)24)20(27)13-29-16-9-7-15(22)8-10-16/h4-10,14H,3,11-13H2,1-2H3,(H,25,28)/t14-/m1/s1. The number of amides is 2. The molecule has 0 radical (unpaired) electrons. The van der Waals surface area contributed by atoms with Crippen molar-refractivity contribution in [3.8, 4) is 0 Å². The predicted molar refractivity (Wildman–Crippen MR) is 122 cm³/mol. The van der Waals surface area contributed by atoms with Crippen molar-refractivity contribution >= 4 is 58.4 Å². The summed E-state index contributed by atoms with van der Waals surface area (Å²) >= 11 is 19.9. The summed E-state index contributed by atoms with van der Waals surface area (Å²) in [5, 5.41) is 4.40. The number of halogens is 3. The minimum absolute atomic E-state index is 0.152. The summed E-state index contributed by atoms with van der Waals surface area (Å²) in [5.74, 6) is -0.213. The second-order valence-corrected chi connectivity index (χ2v) is 8.73. The molecule has 0 unspecified atom stereocenters. The first-order valence-electron chi connectivity index (χ1n) is 9.22. The van der Waals surface area contributed by atoms with Gasteiger partial charge in [-0.1, -0.05) is 47.8 Å². The Labute approximate surface area is 190 Å². The fourth-order valence-corrected chi connectivity index (χ4v) is 4.02. The Bertz CT molecular complexity index is 826. The topological polar surface area (TPSA) is 49.4 Å². The van der Waals surface area contributed by atoms with Gasteiger partial charge in [-0.05, 0) is 49.7 Å². The number of carbonyl (C=O) groups is 2. The van der Waals surface area contributed by atoms with Crippen molar-refractivity contribution in [1.82, 2.24) is 10.2 Å². The fraction of sp³-hybridized carbons (Fsp3) is 0.333. The lowest BCUT2D eigenvalue weighted by molar-refractivity contribution is -0.138. The van der Waals surface area contributed by atoms with Gasteiger partial charge in [0.1, 0.15) is 6.04 Å². The quantitative estimate of drug-likeness (QED) is 0.476. The lowest BCUT2D eigenvalue weighted by Gasteiger charge is -2.29. The zero-order chi connectivity index (χ0) is 21.4. The molecule has 0 aliphatic heterocycles. The normalized spacial score (nSPS) is 11.8. The SMILES string of the molecule is CCCNC(=O)[C@@H](C)N(Cc1c(Cl)cccc1Cl)C(=O)CSc1ccc(Cl)cc1. The molecule has 156 valence electrons. The summed E-state index contributed by atoms with van der Waals surface area (Å²) in [5.41, 5.74) is 0.621. The molecule has 0 saturated carbocycles. The van der Waals surface area contributed by atoms with Crippen molar-refractivity contribution in [3.05, 3.63) is 63.1 Å². The highest BCUT2D eigenvalue weighted by Gasteiger charge is 2.27. The Kier molecular flexibility index (Phi) is 9.63. The summed E-state index contributed by atoms with van der Waals surface area (Å²) in [6.07, 6.45) is 0.815. The van der Waals surface area contributed by atoms with Gasteiger partial charge in [-0.2, -0.15) is 0 Å². The molecular formula is C21H23Cl3N2O2S. The monoisotopic (exact) mass is 472 g/mol. The Balaban J connectivity index is 2.19. The van der Waals surface area contributed by atoms with Crippen LogP contribution in [0.3, 0.4) is 0 Å². The van der Waals surface area contributed by atoms with Crippen molar-refractivity contribution in [2.45, 2.75) is 37.8 Å². The second-order valence-electron chi connectivity index (χ2n) is 6.43. The molecule has 1 atom stereocenters. The van der Waals surface area contributed by atoms with Crippen molar-refractivity contribution in [1.29, 1.82) is 0 Å². The van der Waals surface area contributed by atoms with Crippen LogP contribution in [0.25, 0.3) is 0 Å². The van der Waals surface area contributed by atoms with Crippen molar-refractivity contribution in [3.63, 3.8) is 0 Å². The molecule has 2 rings (SSSR count). The van der Waals surface area contributed by atoms with Gasteiger partial charge in [0.2, 0.25) is 11.8 Å². The van der Waals surface area contributed by atoms with E-state index in [0.717, 1.165) is 11.3 Å². The molecule has 2 amide bonds. The van der Waals surface area contributed by atoms with Crippen LogP contribution in [0.15, 0.2) is 47.4 Å². The van der Waals surface area contributed by atoms with Crippen LogP contribution in [0.1, 0.15) is 25.8 Å². The van der Waals surface area contributed by atoms with Gasteiger partial charge in [-0.15, -0.1) is 11.8 Å². The molecule has 0 fully saturated rings. The van der Waals surface area contributed by atoms with Gasteiger partial charge in [-0.25, -0.2) is 0 Å². The van der Waals surface area contributed by atoms with Gasteiger partial charge in [0.25, 0.3) is 0 Å². The van der Waals surface area contributed by atoms with E-state index in [1.165, 1.54) is 16.7 Å². The largest absolute Gasteiger partial charge is 0.354 e. The van der Waals surface area contributed by atoms with E-state index in [-0.39, 0.29) is 24.1 Å². The van der Waals surface area contributed by atoms with Gasteiger partial charge in [0, 0.05) is 38.6 Å². The molecule has 8 heteroatoms. The summed E-state index contributed by atoms with van der Waals surface area (Å²) in [6, 6.07) is 11.8. The van der Waals surface area contributed by atoms with E-state index in [2.05, 4.69) is 5.32 Å². The maximum atomic E-state index is 13.0. The maximum Gasteiger partial charge on any atom is 0.242 e. The molecule has 0 aliphatic rings. The highest BCUT2D eigenvalue weighted by Crippen LogP contribution is 2.27. The zero-order valence-electron chi connectivity index (χ0n) is 16.3. The lowest BCUT2D eigenvalue weighted by Crippen LogP contribution is -2.48. The number of carbonyl (C=O) groups excluding carboxylic acids is 2. The molecular weight excluding hydrogens is 451 g/mol. The first-order chi connectivity index (χ1) is 13.8. The predicted octanol–water partition coefficient (Wildman–Crippen LogP) is 5.68. The van der Waals surface area contributed by atoms with Crippen LogP contribution in [0.4, 0.5) is 0 Å². The smallest absolute Gasteiger partial charge is 0.242 e. The first kappa shape index (κ1) is 23.9. The fourth-order valence-electron chi connectivity index (χ4n) is 2.59. The number of thioether (sulfide) groups is 1. The summed E-state index contributed by atoms with van der Waals surface area (Å²) in [4.78, 5) is 28.0. The number of hydrogen-bond donors (Lipinski definition) is 1. The van der Waals surface area contributed by atoms with Crippen molar-refractivity contribution in [2.24, 2.45) is 0 Å². The summed E-state index contributed by atoms with van der Waals surface area (Å²) < 4.78 is 0. The molecule has 0 saturated heterocycles. The highest BCUT2D eigenvalue weighted by molar-refractivity contribution is 8.00. The average molecular weight is 474 g/mol. The second kappa shape index (κ2) is 11.7. The van der Waals surface area contributed by atoms with E-state index in [1.54, 1.807) is 37.3 Å². The number of benzene rings is 2. The molecule has 2 aromatic carbocycles. The van der Waals surface area contributed by atoms with Crippen molar-refractivity contribution in [2.75, 3.05) is 12.3 Å². The van der Waals surface area contributed by atoms with Crippen LogP contribution < -0.4 is 5.32 Å². The van der Waals surface area contributed by atoms with Crippen LogP contribution in [0.5, 0.6) is 0 Å². The summed E-state index contributed by atoms with van der Waals surface area (Å²) in [7, 11) is 0. The molecule has 0 aliphatic carbocycles. The molecule has 4 nitrogen and oxygen atoms in total. The third-order valence-electron chi connectivity index (χ3n) is 4.28. The van der Waals surface area contributed by atoms with E-state index in [1.807, 2.05) is 19.1 Å². The molecule has 0 bridgehead atoms. The van der Waals surface area contributed by atoms with Gasteiger partial charge < -0.3 is 10.2 Å². The molecule has 0 heterocycles. The Hall–Kier alpha value is -1.40. The van der Waals surface area contributed by atoms with Crippen LogP contribution in [-0.4, -0.2) is 35.1 Å². The number of rotatable bonds is 9. The van der Waals surface area contributed by atoms with Crippen LogP contribution in [-0.2, 0) is 16.1 Å². The van der Waals surface area contributed by atoms with E-state index >= 15 is 0 Å². The minimum atomic E-state index is -0.660. The van der Waals surface area contributed by atoms with Crippen LogP contribution in [0, 0.1) is 0 Å². The third kappa shape index (κ3) is 7.10. The number of nitrogens with one attached hydrogen (secondary N) is 1. The van der Waals surface area contributed by atoms with E-state index < -0.39 is 6.04 Å². The van der Waals surface area contributed by atoms with E-state index in [0.29, 0.717) is 27.2 Å². The van der Waals surface area contributed by atoms with Crippen LogP contribution in [0.2, 0.25) is 15.1 Å². The van der Waals surface area contributed by atoms with Gasteiger partial charge in [0.15, 0.2) is 0 Å². The van der Waals surface area contributed by atoms with E-state index in [4.69, 9.17) is 34.8 Å². The molecule has 2 aromatic rings. The lowest BCUT2D eigenvalue weighted by atomic mass is 10.1. The average Bonchev–Trinajstić information content (AvgIpc) is 2.70. The molecule has 0 spiro atoms. The first-order valence-corrected chi connectivity index (χ1v) is 11.3. The Morgan fingerprint density at radius 2 is 1.69 bits per heavy atom. The van der Waals surface area contributed by atoms with Gasteiger partial charge in [0.05, 0.1) is 5.75 Å². The minimum Gasteiger partial charge on any atom is -0.354 e. The van der Waals surface area contributed by atoms with Gasteiger partial charge >= 0.3 is 0 Å². The summed E-state index contributed by atoms with van der Waals surface area (Å²) in [6.45, 7) is 4.39. The van der Waals surface area contributed by atoms with E-state index in [9.17, 15) is 9.59 Å². The highest BCUT2D eigenvalue weighted by atomic mass is 35.5. The number of hydrogen-bond acceptors (Lipinski definition) is 3. The zero-order valence-corrected chi connectivity index (χ0v) is 19.3.